The quantitative estimate of drug-likeness (QED) is 0.859. The van der Waals surface area contributed by atoms with Crippen molar-refractivity contribution in [2.75, 3.05) is 5.32 Å². The third-order valence-corrected chi connectivity index (χ3v) is 5.56. The van der Waals surface area contributed by atoms with E-state index in [9.17, 15) is 4.79 Å². The minimum absolute atomic E-state index is 0.0369. The first-order valence-electron chi connectivity index (χ1n) is 8.37. The Bertz CT molecular complexity index is 750. The Kier molecular flexibility index (Phi) is 4.93. The summed E-state index contributed by atoms with van der Waals surface area (Å²) in [4.78, 5) is 12.6. The van der Waals surface area contributed by atoms with E-state index in [0.717, 1.165) is 47.4 Å². The van der Waals surface area contributed by atoms with E-state index in [4.69, 9.17) is 0 Å². The molecule has 3 heterocycles. The van der Waals surface area contributed by atoms with Gasteiger partial charge in [-0.25, -0.2) is 0 Å². The second-order valence-electron chi connectivity index (χ2n) is 6.28. The fourth-order valence-electron chi connectivity index (χ4n) is 2.94. The second-order valence-corrected chi connectivity index (χ2v) is 7.59. The van der Waals surface area contributed by atoms with Crippen LogP contribution in [0, 0.1) is 13.8 Å². The summed E-state index contributed by atoms with van der Waals surface area (Å²) >= 11 is 1.47. The number of fused-ring (bicyclic) bond motifs is 1. The Hall–Kier alpha value is -1.83. The highest BCUT2D eigenvalue weighted by atomic mass is 32.2. The summed E-state index contributed by atoms with van der Waals surface area (Å²) < 4.78 is 3.95. The molecule has 0 bridgehead atoms. The van der Waals surface area contributed by atoms with Crippen molar-refractivity contribution in [2.45, 2.75) is 63.4 Å². The van der Waals surface area contributed by atoms with Crippen LogP contribution >= 0.6 is 11.8 Å². The maximum Gasteiger partial charge on any atom is 0.237 e. The zero-order valence-corrected chi connectivity index (χ0v) is 15.5. The van der Waals surface area contributed by atoms with Gasteiger partial charge < -0.3 is 9.88 Å². The molecule has 2 aromatic rings. The molecular weight excluding hydrogens is 324 g/mol. The van der Waals surface area contributed by atoms with Gasteiger partial charge >= 0.3 is 0 Å². The molecule has 2 aromatic heterocycles. The molecule has 0 aromatic carbocycles. The summed E-state index contributed by atoms with van der Waals surface area (Å²) in [5.41, 5.74) is 2.58. The van der Waals surface area contributed by atoms with E-state index in [1.807, 2.05) is 27.8 Å². The number of hydrogen-bond donors (Lipinski definition) is 1. The van der Waals surface area contributed by atoms with Crippen LogP contribution in [-0.2, 0) is 24.8 Å². The topological polar surface area (TPSA) is 77.6 Å². The number of aromatic nitrogens is 5. The molecule has 0 fully saturated rings. The number of hydrogen-bond acceptors (Lipinski definition) is 5. The molecule has 130 valence electrons. The first-order valence-corrected chi connectivity index (χ1v) is 9.25. The summed E-state index contributed by atoms with van der Waals surface area (Å²) in [6, 6.07) is 0. The highest BCUT2D eigenvalue weighted by Crippen LogP contribution is 2.27. The summed E-state index contributed by atoms with van der Waals surface area (Å²) in [6.07, 6.45) is 4.51. The molecule has 24 heavy (non-hydrogen) atoms. The number of thioether (sulfide) groups is 1. The van der Waals surface area contributed by atoms with Crippen molar-refractivity contribution in [3.8, 4) is 0 Å². The predicted molar refractivity (Wildman–Crippen MR) is 94.2 cm³/mol. The molecule has 0 aliphatic carbocycles. The van der Waals surface area contributed by atoms with E-state index >= 15 is 0 Å². The molecule has 7 nitrogen and oxygen atoms in total. The maximum absolute atomic E-state index is 12.6. The van der Waals surface area contributed by atoms with Gasteiger partial charge in [-0.1, -0.05) is 18.2 Å². The van der Waals surface area contributed by atoms with Crippen molar-refractivity contribution in [3.05, 3.63) is 17.2 Å². The first kappa shape index (κ1) is 17.0. The summed E-state index contributed by atoms with van der Waals surface area (Å²) in [7, 11) is 1.88. The first-order chi connectivity index (χ1) is 11.5. The van der Waals surface area contributed by atoms with Crippen molar-refractivity contribution >= 4 is 23.4 Å². The van der Waals surface area contributed by atoms with Crippen LogP contribution in [0.1, 0.15) is 43.4 Å². The molecule has 0 saturated carbocycles. The van der Waals surface area contributed by atoms with Crippen LogP contribution in [0.2, 0.25) is 0 Å². The van der Waals surface area contributed by atoms with Crippen LogP contribution < -0.4 is 5.32 Å². The maximum atomic E-state index is 12.6. The van der Waals surface area contributed by atoms with Crippen LogP contribution in [-0.4, -0.2) is 35.7 Å². The van der Waals surface area contributed by atoms with E-state index < -0.39 is 0 Å². The van der Waals surface area contributed by atoms with Gasteiger partial charge in [-0.15, -0.1) is 10.2 Å². The molecule has 1 aliphatic heterocycles. The largest absolute Gasteiger partial charge is 0.322 e. The number of carbonyl (C=O) groups excluding carboxylic acids is 1. The lowest BCUT2D eigenvalue weighted by Crippen LogP contribution is -2.23. The lowest BCUT2D eigenvalue weighted by atomic mass is 10.2. The number of amides is 1. The van der Waals surface area contributed by atoms with Crippen LogP contribution in [0.3, 0.4) is 0 Å². The minimum Gasteiger partial charge on any atom is -0.322 e. The van der Waals surface area contributed by atoms with Crippen LogP contribution in [0.25, 0.3) is 0 Å². The molecule has 1 atom stereocenters. The molecule has 0 radical (unpaired) electrons. The van der Waals surface area contributed by atoms with E-state index in [0.29, 0.717) is 0 Å². The van der Waals surface area contributed by atoms with Crippen molar-refractivity contribution < 1.29 is 4.79 Å². The van der Waals surface area contributed by atoms with Gasteiger partial charge in [0, 0.05) is 20.0 Å². The van der Waals surface area contributed by atoms with Crippen LogP contribution in [0.5, 0.6) is 0 Å². The molecule has 0 unspecified atom stereocenters. The smallest absolute Gasteiger partial charge is 0.237 e. The van der Waals surface area contributed by atoms with Crippen molar-refractivity contribution in [3.63, 3.8) is 0 Å². The molecule has 0 spiro atoms. The number of carbonyl (C=O) groups is 1. The SMILES string of the molecule is Cc1nn(C)c(C)c1NC(=O)[C@@H](C)Sc1nnc2n1CCCCC2. The molecule has 3 rings (SSSR count). The monoisotopic (exact) mass is 348 g/mol. The molecule has 1 N–H and O–H groups in total. The van der Waals surface area contributed by atoms with Gasteiger partial charge in [0.2, 0.25) is 5.91 Å². The molecule has 8 heteroatoms. The zero-order valence-electron chi connectivity index (χ0n) is 14.7. The van der Waals surface area contributed by atoms with E-state index in [1.54, 1.807) is 4.68 Å². The standard InChI is InChI=1S/C16H24N6OS/c1-10-14(11(2)21(4)20-10)17-15(23)12(3)24-16-19-18-13-8-6-5-7-9-22(13)16/h12H,5-9H2,1-4H3,(H,17,23)/t12-/m1/s1. The number of nitrogens with zero attached hydrogens (tertiary/aromatic N) is 5. The Morgan fingerprint density at radius 2 is 2.04 bits per heavy atom. The minimum atomic E-state index is -0.249. The Morgan fingerprint density at radius 1 is 1.25 bits per heavy atom. The van der Waals surface area contributed by atoms with Gasteiger partial charge in [0.15, 0.2) is 5.16 Å². The van der Waals surface area contributed by atoms with Crippen molar-refractivity contribution in [1.29, 1.82) is 0 Å². The lowest BCUT2D eigenvalue weighted by molar-refractivity contribution is -0.115. The molecular formula is C16H24N6OS. The van der Waals surface area contributed by atoms with Gasteiger partial charge in [0.25, 0.3) is 0 Å². The summed E-state index contributed by atoms with van der Waals surface area (Å²) in [6.45, 7) is 6.70. The fraction of sp³-hybridized carbons (Fsp3) is 0.625. The highest BCUT2D eigenvalue weighted by molar-refractivity contribution is 8.00. The Balaban J connectivity index is 1.70. The Labute approximate surface area is 146 Å². The third kappa shape index (κ3) is 3.33. The summed E-state index contributed by atoms with van der Waals surface area (Å²) in [5.74, 6) is 1.01. The van der Waals surface area contributed by atoms with E-state index in [-0.39, 0.29) is 11.2 Å². The van der Waals surface area contributed by atoms with E-state index in [2.05, 4.69) is 25.2 Å². The lowest BCUT2D eigenvalue weighted by Gasteiger charge is -2.13. The number of nitrogens with one attached hydrogen (secondary N) is 1. The summed E-state index contributed by atoms with van der Waals surface area (Å²) in [5, 5.41) is 16.5. The molecule has 1 aliphatic rings. The fourth-order valence-corrected chi connectivity index (χ4v) is 3.83. The number of anilines is 1. The zero-order chi connectivity index (χ0) is 17.3. The van der Waals surface area contributed by atoms with Crippen LogP contribution in [0.4, 0.5) is 5.69 Å². The van der Waals surface area contributed by atoms with Crippen molar-refractivity contribution in [1.82, 2.24) is 24.5 Å². The van der Waals surface area contributed by atoms with Gasteiger partial charge in [-0.2, -0.15) is 5.10 Å². The molecule has 1 amide bonds. The van der Waals surface area contributed by atoms with Crippen LogP contribution in [0.15, 0.2) is 5.16 Å². The van der Waals surface area contributed by atoms with Crippen molar-refractivity contribution in [2.24, 2.45) is 7.05 Å². The highest BCUT2D eigenvalue weighted by Gasteiger charge is 2.22. The second kappa shape index (κ2) is 6.96. The van der Waals surface area contributed by atoms with E-state index in [1.165, 1.54) is 24.6 Å². The average molecular weight is 348 g/mol. The van der Waals surface area contributed by atoms with Gasteiger partial charge in [-0.3, -0.25) is 9.48 Å². The normalized spacial score (nSPS) is 15.7. The van der Waals surface area contributed by atoms with Gasteiger partial charge in [-0.05, 0) is 33.6 Å². The Morgan fingerprint density at radius 3 is 2.75 bits per heavy atom. The average Bonchev–Trinajstić information content (AvgIpc) is 2.91. The number of rotatable bonds is 4. The predicted octanol–water partition coefficient (Wildman–Crippen LogP) is 2.47. The van der Waals surface area contributed by atoms with Gasteiger partial charge in [0.1, 0.15) is 5.82 Å². The number of aryl methyl sites for hydroxylation is 3. The third-order valence-electron chi connectivity index (χ3n) is 4.48. The van der Waals surface area contributed by atoms with Gasteiger partial charge in [0.05, 0.1) is 22.3 Å². The molecule has 0 saturated heterocycles.